The molecule has 6 heteroatoms. The number of pyridine rings is 1. The van der Waals surface area contributed by atoms with Crippen molar-refractivity contribution in [2.75, 3.05) is 12.3 Å². The van der Waals surface area contributed by atoms with Crippen molar-refractivity contribution in [1.29, 1.82) is 0 Å². The van der Waals surface area contributed by atoms with Gasteiger partial charge in [0.1, 0.15) is 11.7 Å². The number of nitrogen functional groups attached to an aromatic ring is 1. The van der Waals surface area contributed by atoms with Crippen LogP contribution in [0.15, 0.2) is 47.2 Å². The molecule has 22 heavy (non-hydrogen) atoms. The maximum Gasteiger partial charge on any atom is 0.131 e. The highest BCUT2D eigenvalue weighted by molar-refractivity contribution is 7.12. The molecule has 1 aliphatic heterocycles. The van der Waals surface area contributed by atoms with Crippen molar-refractivity contribution in [3.63, 3.8) is 0 Å². The molecule has 0 fully saturated rings. The normalized spacial score (nSPS) is 13.5. The monoisotopic (exact) mass is 328 g/mol. The van der Waals surface area contributed by atoms with E-state index in [1.54, 1.807) is 23.6 Å². The van der Waals surface area contributed by atoms with E-state index in [2.05, 4.69) is 39.4 Å². The third-order valence-corrected chi connectivity index (χ3v) is 4.14. The Bertz CT molecular complexity index is 784. The molecule has 2 aromatic heterocycles. The molecule has 0 saturated carbocycles. The average molecular weight is 329 g/mol. The van der Waals surface area contributed by atoms with Crippen LogP contribution >= 0.6 is 22.9 Å². The summed E-state index contributed by atoms with van der Waals surface area (Å²) in [6.07, 6.45) is 6.45. The average Bonchev–Trinajstić information content (AvgIpc) is 3.04. The predicted octanol–water partition coefficient (Wildman–Crippen LogP) is 3.35. The number of aromatic nitrogens is 1. The Labute approximate surface area is 137 Å². The third-order valence-electron chi connectivity index (χ3n) is 3.01. The Hall–Kier alpha value is -2.29. The first-order valence-electron chi connectivity index (χ1n) is 6.67. The summed E-state index contributed by atoms with van der Waals surface area (Å²) in [6.45, 7) is 0.493. The zero-order chi connectivity index (χ0) is 15.4. The SMILES string of the molecule is Nc1cc(Cl)ncc1C#CCN1C=CCC(c2cccs2)=N1. The predicted molar refractivity (Wildman–Crippen MR) is 91.9 cm³/mol. The number of hydrazone groups is 1. The zero-order valence-electron chi connectivity index (χ0n) is 11.7. The van der Waals surface area contributed by atoms with E-state index in [1.807, 2.05) is 17.3 Å². The highest BCUT2D eigenvalue weighted by atomic mass is 35.5. The summed E-state index contributed by atoms with van der Waals surface area (Å²) in [5.41, 5.74) is 8.11. The highest BCUT2D eigenvalue weighted by Gasteiger charge is 2.09. The number of nitrogens with zero attached hydrogens (tertiary/aromatic N) is 3. The molecule has 0 unspecified atom stereocenters. The van der Waals surface area contributed by atoms with Gasteiger partial charge < -0.3 is 5.73 Å². The molecule has 0 atom stereocenters. The third kappa shape index (κ3) is 3.48. The van der Waals surface area contributed by atoms with Crippen LogP contribution in [0.2, 0.25) is 5.15 Å². The van der Waals surface area contributed by atoms with Crippen LogP contribution in [0.5, 0.6) is 0 Å². The van der Waals surface area contributed by atoms with Crippen molar-refractivity contribution in [2.45, 2.75) is 6.42 Å². The van der Waals surface area contributed by atoms with Crippen LogP contribution in [0, 0.1) is 11.8 Å². The van der Waals surface area contributed by atoms with Crippen molar-refractivity contribution in [2.24, 2.45) is 5.10 Å². The first-order chi connectivity index (χ1) is 10.7. The summed E-state index contributed by atoms with van der Waals surface area (Å²) >= 11 is 7.45. The van der Waals surface area contributed by atoms with Crippen LogP contribution in [0.3, 0.4) is 0 Å². The molecule has 1 aliphatic rings. The van der Waals surface area contributed by atoms with Gasteiger partial charge in [0.15, 0.2) is 0 Å². The fourth-order valence-electron chi connectivity index (χ4n) is 1.96. The molecule has 3 heterocycles. The van der Waals surface area contributed by atoms with Crippen LogP contribution in [0.25, 0.3) is 0 Å². The van der Waals surface area contributed by atoms with Gasteiger partial charge in [0.2, 0.25) is 0 Å². The van der Waals surface area contributed by atoms with E-state index in [4.69, 9.17) is 17.3 Å². The number of halogens is 1. The summed E-state index contributed by atoms with van der Waals surface area (Å²) in [6, 6.07) is 5.70. The first-order valence-corrected chi connectivity index (χ1v) is 7.92. The molecule has 0 bridgehead atoms. The zero-order valence-corrected chi connectivity index (χ0v) is 13.2. The van der Waals surface area contributed by atoms with Gasteiger partial charge in [-0.05, 0) is 17.5 Å². The largest absolute Gasteiger partial charge is 0.398 e. The van der Waals surface area contributed by atoms with Gasteiger partial charge in [-0.25, -0.2) is 4.98 Å². The highest BCUT2D eigenvalue weighted by Crippen LogP contribution is 2.17. The van der Waals surface area contributed by atoms with Crippen LogP contribution in [0.1, 0.15) is 16.9 Å². The number of thiophene rings is 1. The summed E-state index contributed by atoms with van der Waals surface area (Å²) < 4.78 is 0. The molecule has 0 amide bonds. The van der Waals surface area contributed by atoms with Gasteiger partial charge in [-0.15, -0.1) is 11.3 Å². The molecule has 0 aliphatic carbocycles. The second-order valence-corrected chi connectivity index (χ2v) is 5.94. The Morgan fingerprint density at radius 2 is 2.36 bits per heavy atom. The minimum atomic E-state index is 0.368. The van der Waals surface area contributed by atoms with E-state index < -0.39 is 0 Å². The van der Waals surface area contributed by atoms with Crippen LogP contribution in [0.4, 0.5) is 5.69 Å². The van der Waals surface area contributed by atoms with E-state index in [0.29, 0.717) is 22.9 Å². The van der Waals surface area contributed by atoms with Gasteiger partial charge in [0.05, 0.1) is 21.8 Å². The van der Waals surface area contributed by atoms with E-state index in [1.165, 1.54) is 4.88 Å². The molecular weight excluding hydrogens is 316 g/mol. The first kappa shape index (κ1) is 14.6. The smallest absolute Gasteiger partial charge is 0.131 e. The lowest BCUT2D eigenvalue weighted by molar-refractivity contribution is 0.443. The number of rotatable bonds is 2. The maximum atomic E-state index is 5.85. The molecule has 0 saturated heterocycles. The van der Waals surface area contributed by atoms with Gasteiger partial charge in [-0.2, -0.15) is 5.10 Å². The topological polar surface area (TPSA) is 54.5 Å². The molecule has 0 radical (unpaired) electrons. The number of hydrogen-bond donors (Lipinski definition) is 1. The van der Waals surface area contributed by atoms with E-state index in [-0.39, 0.29) is 0 Å². The van der Waals surface area contributed by atoms with Gasteiger partial charge in [-0.3, -0.25) is 5.01 Å². The van der Waals surface area contributed by atoms with Gasteiger partial charge in [-0.1, -0.05) is 35.6 Å². The second kappa shape index (κ2) is 6.65. The van der Waals surface area contributed by atoms with Gasteiger partial charge in [0.25, 0.3) is 0 Å². The quantitative estimate of drug-likeness (QED) is 0.679. The van der Waals surface area contributed by atoms with E-state index >= 15 is 0 Å². The standard InChI is InChI=1S/C16H13ClN4S/c17-16-10-13(18)12(11-19-16)4-1-7-21-8-2-5-14(20-21)15-6-3-9-22-15/h2-3,6,8-11H,5,7H2,(H2,18,19). The number of hydrogen-bond acceptors (Lipinski definition) is 5. The number of nitrogens with two attached hydrogens (primary N) is 1. The fraction of sp³-hybridized carbons (Fsp3) is 0.125. The van der Waals surface area contributed by atoms with Crippen molar-refractivity contribution in [3.8, 4) is 11.8 Å². The lowest BCUT2D eigenvalue weighted by Crippen LogP contribution is -2.17. The number of anilines is 1. The molecule has 2 aromatic rings. The van der Waals surface area contributed by atoms with Crippen molar-refractivity contribution in [3.05, 3.63) is 57.6 Å². The number of allylic oxidation sites excluding steroid dienone is 1. The summed E-state index contributed by atoms with van der Waals surface area (Å²) in [7, 11) is 0. The van der Waals surface area contributed by atoms with Crippen molar-refractivity contribution in [1.82, 2.24) is 9.99 Å². The summed E-state index contributed by atoms with van der Waals surface area (Å²) in [5.74, 6) is 6.05. The Morgan fingerprint density at radius 3 is 3.14 bits per heavy atom. The minimum absolute atomic E-state index is 0.368. The molecule has 0 spiro atoms. The van der Waals surface area contributed by atoms with Crippen LogP contribution in [-0.2, 0) is 0 Å². The molecule has 0 aromatic carbocycles. The summed E-state index contributed by atoms with van der Waals surface area (Å²) in [5, 5.41) is 8.84. The lowest BCUT2D eigenvalue weighted by atomic mass is 10.2. The summed E-state index contributed by atoms with van der Waals surface area (Å²) in [4.78, 5) is 5.17. The molecule has 3 rings (SSSR count). The van der Waals surface area contributed by atoms with Crippen LogP contribution in [-0.4, -0.2) is 22.2 Å². The Morgan fingerprint density at radius 1 is 1.45 bits per heavy atom. The molecule has 4 nitrogen and oxygen atoms in total. The van der Waals surface area contributed by atoms with E-state index in [0.717, 1.165) is 12.1 Å². The second-order valence-electron chi connectivity index (χ2n) is 4.61. The van der Waals surface area contributed by atoms with Crippen LogP contribution < -0.4 is 5.73 Å². The fourth-order valence-corrected chi connectivity index (χ4v) is 2.85. The Kier molecular flexibility index (Phi) is 4.42. The van der Waals surface area contributed by atoms with Crippen molar-refractivity contribution < 1.29 is 0 Å². The maximum absolute atomic E-state index is 5.85. The molecule has 2 N–H and O–H groups in total. The Balaban J connectivity index is 1.70. The lowest BCUT2D eigenvalue weighted by Gasteiger charge is -2.17. The van der Waals surface area contributed by atoms with E-state index in [9.17, 15) is 0 Å². The minimum Gasteiger partial charge on any atom is -0.398 e. The van der Waals surface area contributed by atoms with Gasteiger partial charge in [0, 0.05) is 18.8 Å². The van der Waals surface area contributed by atoms with Crippen molar-refractivity contribution >= 4 is 34.3 Å². The molecule has 110 valence electrons. The van der Waals surface area contributed by atoms with Gasteiger partial charge >= 0.3 is 0 Å². The molecular formula is C16H13ClN4S.